The summed E-state index contributed by atoms with van der Waals surface area (Å²) in [6.07, 6.45) is 0. The number of alkyl halides is 6. The summed E-state index contributed by atoms with van der Waals surface area (Å²) in [5.74, 6) is -1.34. The molecule has 66 heavy (non-hydrogen) atoms. The fourth-order valence-electron chi connectivity index (χ4n) is 7.83. The Labute approximate surface area is 378 Å². The van der Waals surface area contributed by atoms with Gasteiger partial charge in [-0.15, -0.1) is 0 Å². The molecule has 0 aliphatic rings. The summed E-state index contributed by atoms with van der Waals surface area (Å²) in [5, 5.41) is 21.8. The Balaban J connectivity index is 0.000000219. The maximum Gasteiger partial charge on any atom is 0.534 e. The molecule has 0 saturated heterocycles. The van der Waals surface area contributed by atoms with E-state index in [1.807, 2.05) is 0 Å². The fourth-order valence-corrected chi connectivity index (χ4v) is 8.83. The van der Waals surface area contributed by atoms with Crippen LogP contribution in [0.1, 0.15) is 33.4 Å². The highest BCUT2D eigenvalue weighted by atomic mass is 32.2. The van der Waals surface area contributed by atoms with Crippen LogP contribution >= 0.6 is 0 Å². The SMILES string of the molecule is CB(O)O.Cc1c(OS(=O)(=O)C(F)(F)F)cc2ccccc2c1-c1c(C)c(OS(=O)(=O)C(F)(F)F)cc2ccccc12.Cc1cc2ccccc2c(-c2c(C)c(C)cc3ccccc23)c1C. The third-order valence-electron chi connectivity index (χ3n) is 11.1. The molecule has 0 heterocycles. The van der Waals surface area contributed by atoms with Crippen molar-refractivity contribution in [3.8, 4) is 33.8 Å². The Hall–Kier alpha value is -6.14. The first-order valence-corrected chi connectivity index (χ1v) is 23.0. The number of aryl methyl sites for hydroxylation is 2. The first-order chi connectivity index (χ1) is 30.8. The minimum atomic E-state index is -6.07. The molecule has 8 nitrogen and oxygen atoms in total. The van der Waals surface area contributed by atoms with Crippen molar-refractivity contribution in [2.75, 3.05) is 0 Å². The van der Waals surface area contributed by atoms with Crippen molar-refractivity contribution in [1.82, 2.24) is 0 Å². The molecule has 0 unspecified atom stereocenters. The van der Waals surface area contributed by atoms with E-state index in [-0.39, 0.29) is 33.0 Å². The average molecular weight is 949 g/mol. The largest absolute Gasteiger partial charge is 0.534 e. The van der Waals surface area contributed by atoms with Gasteiger partial charge >= 0.3 is 38.4 Å². The molecular weight excluding hydrogens is 905 g/mol. The molecule has 344 valence electrons. The summed E-state index contributed by atoms with van der Waals surface area (Å²) in [5.41, 5.74) is -3.17. The van der Waals surface area contributed by atoms with Crippen molar-refractivity contribution in [2.45, 2.75) is 59.4 Å². The maximum atomic E-state index is 13.1. The van der Waals surface area contributed by atoms with E-state index in [0.717, 1.165) is 12.1 Å². The van der Waals surface area contributed by atoms with Gasteiger partial charge in [0.1, 0.15) is 11.5 Å². The van der Waals surface area contributed by atoms with Crippen molar-refractivity contribution in [3.63, 3.8) is 0 Å². The second-order valence-electron chi connectivity index (χ2n) is 15.6. The molecule has 0 aliphatic carbocycles. The molecule has 0 radical (unpaired) electrons. The molecule has 0 aliphatic heterocycles. The smallest absolute Gasteiger partial charge is 0.427 e. The number of hydrogen-bond acceptors (Lipinski definition) is 8. The summed E-state index contributed by atoms with van der Waals surface area (Å²) in [7, 11) is -13.3. The Bertz CT molecular complexity index is 3160. The van der Waals surface area contributed by atoms with Gasteiger partial charge in [0.25, 0.3) is 0 Å². The summed E-state index contributed by atoms with van der Waals surface area (Å²) < 4.78 is 135. The zero-order valence-electron chi connectivity index (χ0n) is 36.6. The highest BCUT2D eigenvalue weighted by Crippen LogP contribution is 2.47. The van der Waals surface area contributed by atoms with E-state index in [2.05, 4.69) is 96.7 Å². The van der Waals surface area contributed by atoms with Gasteiger partial charge in [0.2, 0.25) is 0 Å². The summed E-state index contributed by atoms with van der Waals surface area (Å²) >= 11 is 0. The molecule has 2 N–H and O–H groups in total. The molecule has 0 aromatic heterocycles. The predicted octanol–water partition coefficient (Wildman–Crippen LogP) is 12.7. The maximum absolute atomic E-state index is 13.1. The third kappa shape index (κ3) is 9.84. The van der Waals surface area contributed by atoms with Crippen LogP contribution in [0.25, 0.3) is 65.3 Å². The second-order valence-corrected chi connectivity index (χ2v) is 18.7. The minimum Gasteiger partial charge on any atom is -0.427 e. The van der Waals surface area contributed by atoms with Gasteiger partial charge in [0, 0.05) is 11.1 Å². The van der Waals surface area contributed by atoms with Crippen LogP contribution in [0.5, 0.6) is 11.5 Å². The minimum absolute atomic E-state index is 0.0967. The lowest BCUT2D eigenvalue weighted by Gasteiger charge is -2.21. The summed E-state index contributed by atoms with van der Waals surface area (Å²) in [4.78, 5) is 0. The highest BCUT2D eigenvalue weighted by Gasteiger charge is 2.50. The Kier molecular flexibility index (Phi) is 13.9. The zero-order chi connectivity index (χ0) is 48.7. The summed E-state index contributed by atoms with van der Waals surface area (Å²) in [6.45, 7) is 12.8. The molecule has 0 fully saturated rings. The van der Waals surface area contributed by atoms with E-state index in [1.165, 1.54) is 99.9 Å². The molecule has 0 spiro atoms. The van der Waals surface area contributed by atoms with Crippen molar-refractivity contribution in [1.29, 1.82) is 0 Å². The fraction of sp³-hybridized carbons (Fsp3) is 0.184. The van der Waals surface area contributed by atoms with Gasteiger partial charge in [-0.1, -0.05) is 109 Å². The van der Waals surface area contributed by atoms with Crippen LogP contribution in [0.3, 0.4) is 0 Å². The first kappa shape index (κ1) is 49.3. The van der Waals surface area contributed by atoms with Gasteiger partial charge in [-0.2, -0.15) is 43.2 Å². The molecule has 0 amide bonds. The molecule has 0 bridgehead atoms. The molecular formula is C49H43BF6O8S2. The van der Waals surface area contributed by atoms with Crippen LogP contribution in [-0.4, -0.2) is 45.0 Å². The average Bonchev–Trinajstić information content (AvgIpc) is 3.22. The standard InChI is InChI=1S/C24H16F6O6S2.C24H22.CH5BO2/c1-13-19(35-37(31,32)23(25,26)27)11-15-7-3-5-9-17(15)21(13)22-14(2)20(36-38(33,34)24(28,29)30)12-16-8-4-6-10-18(16)22;1-15-13-19-9-5-7-11-21(19)23(17(15)3)24-18(4)16(2)14-20-10-6-8-12-22(20)24;1-2(3)4/h3-12H,1-2H3;5-14H,1-4H3;3-4H,1H3. The normalized spacial score (nSPS) is 12.1. The van der Waals surface area contributed by atoms with Crippen molar-refractivity contribution < 1.29 is 61.6 Å². The van der Waals surface area contributed by atoms with E-state index < -0.39 is 49.9 Å². The molecule has 8 rings (SSSR count). The van der Waals surface area contributed by atoms with E-state index in [4.69, 9.17) is 10.0 Å². The van der Waals surface area contributed by atoms with E-state index in [9.17, 15) is 43.2 Å². The zero-order valence-corrected chi connectivity index (χ0v) is 38.2. The van der Waals surface area contributed by atoms with Crippen molar-refractivity contribution in [2.24, 2.45) is 0 Å². The molecule has 8 aromatic carbocycles. The van der Waals surface area contributed by atoms with Crippen molar-refractivity contribution >= 4 is 70.4 Å². The lowest BCUT2D eigenvalue weighted by atomic mass is 9.85. The van der Waals surface area contributed by atoms with Gasteiger partial charge in [0.05, 0.1) is 0 Å². The number of halogens is 6. The third-order valence-corrected chi connectivity index (χ3v) is 13.1. The topological polar surface area (TPSA) is 127 Å². The lowest BCUT2D eigenvalue weighted by Crippen LogP contribution is -2.28. The molecule has 8 aromatic rings. The van der Waals surface area contributed by atoms with E-state index >= 15 is 0 Å². The Morgan fingerprint density at radius 1 is 0.424 bits per heavy atom. The highest BCUT2D eigenvalue weighted by molar-refractivity contribution is 7.88. The molecule has 17 heteroatoms. The van der Waals surface area contributed by atoms with Gasteiger partial charge in [-0.05, 0) is 148 Å². The number of benzene rings is 8. The van der Waals surface area contributed by atoms with Crippen LogP contribution in [0.15, 0.2) is 121 Å². The van der Waals surface area contributed by atoms with Crippen LogP contribution in [0.4, 0.5) is 26.3 Å². The predicted molar refractivity (Wildman–Crippen MR) is 249 cm³/mol. The quantitative estimate of drug-likeness (QED) is 0.0730. The second kappa shape index (κ2) is 18.6. The van der Waals surface area contributed by atoms with Crippen molar-refractivity contribution in [3.05, 3.63) is 155 Å². The Morgan fingerprint density at radius 3 is 0.909 bits per heavy atom. The van der Waals surface area contributed by atoms with Gasteiger partial charge in [0.15, 0.2) is 0 Å². The van der Waals surface area contributed by atoms with Crippen LogP contribution in [-0.2, 0) is 20.2 Å². The lowest BCUT2D eigenvalue weighted by molar-refractivity contribution is -0.0505. The van der Waals surface area contributed by atoms with E-state index in [0.29, 0.717) is 10.8 Å². The number of rotatable bonds is 6. The first-order valence-electron chi connectivity index (χ1n) is 20.2. The monoisotopic (exact) mass is 948 g/mol. The van der Waals surface area contributed by atoms with Gasteiger partial charge in [-0.3, -0.25) is 0 Å². The van der Waals surface area contributed by atoms with Crippen LogP contribution < -0.4 is 8.37 Å². The summed E-state index contributed by atoms with van der Waals surface area (Å²) in [6, 6.07) is 36.6. The number of fused-ring (bicyclic) bond motifs is 4. The van der Waals surface area contributed by atoms with Crippen LogP contribution in [0.2, 0.25) is 6.82 Å². The Morgan fingerprint density at radius 2 is 0.652 bits per heavy atom. The van der Waals surface area contributed by atoms with E-state index in [1.54, 1.807) is 24.3 Å². The van der Waals surface area contributed by atoms with Crippen LogP contribution in [0, 0.1) is 41.5 Å². The van der Waals surface area contributed by atoms with Gasteiger partial charge in [-0.25, -0.2) is 0 Å². The molecule has 0 saturated carbocycles. The van der Waals surface area contributed by atoms with Gasteiger partial charge < -0.3 is 18.4 Å². The number of hydrogen-bond donors (Lipinski definition) is 2. The molecule has 0 atom stereocenters.